The summed E-state index contributed by atoms with van der Waals surface area (Å²) in [7, 11) is 0. The van der Waals surface area contributed by atoms with Crippen molar-refractivity contribution in [2.45, 2.75) is 12.8 Å². The van der Waals surface area contributed by atoms with E-state index in [1.165, 1.54) is 18.2 Å². The van der Waals surface area contributed by atoms with Crippen LogP contribution in [0, 0.1) is 5.82 Å². The summed E-state index contributed by atoms with van der Waals surface area (Å²) in [5.74, 6) is -0.922. The molecular weight excluding hydrogens is 225 g/mol. The molecule has 0 spiro atoms. The molecule has 0 heterocycles. The fraction of sp³-hybridized carbons (Fsp3) is 0.273. The second-order valence-corrected chi connectivity index (χ2v) is 3.43. The van der Waals surface area contributed by atoms with Gasteiger partial charge in [0.05, 0.1) is 5.56 Å². The number of rotatable bonds is 5. The Morgan fingerprint density at radius 3 is 2.82 bits per heavy atom. The molecule has 17 heavy (non-hydrogen) atoms. The van der Waals surface area contributed by atoms with Crippen LogP contribution in [-0.4, -0.2) is 23.5 Å². The molecular formula is C11H14FN3O2. The Bertz CT molecular complexity index is 421. The molecule has 0 atom stereocenters. The maximum Gasteiger partial charge on any atom is 0.254 e. The third-order valence-corrected chi connectivity index (χ3v) is 2.14. The molecule has 0 saturated carbocycles. The molecule has 1 aromatic rings. The maximum absolute atomic E-state index is 13.2. The molecule has 1 aromatic carbocycles. The fourth-order valence-electron chi connectivity index (χ4n) is 1.26. The predicted octanol–water partition coefficient (Wildman–Crippen LogP) is 1.08. The largest absolute Gasteiger partial charge is 0.409 e. The van der Waals surface area contributed by atoms with Crippen molar-refractivity contribution < 1.29 is 14.4 Å². The molecule has 0 aliphatic heterocycles. The molecule has 5 nitrogen and oxygen atoms in total. The van der Waals surface area contributed by atoms with Gasteiger partial charge in [-0.3, -0.25) is 4.79 Å². The van der Waals surface area contributed by atoms with E-state index in [-0.39, 0.29) is 11.4 Å². The molecule has 1 rings (SSSR count). The Balaban J connectivity index is 2.38. The summed E-state index contributed by atoms with van der Waals surface area (Å²) >= 11 is 0. The zero-order valence-electron chi connectivity index (χ0n) is 9.19. The van der Waals surface area contributed by atoms with Crippen molar-refractivity contribution in [3.63, 3.8) is 0 Å². The van der Waals surface area contributed by atoms with Crippen LogP contribution in [0.5, 0.6) is 0 Å². The summed E-state index contributed by atoms with van der Waals surface area (Å²) in [6, 6.07) is 5.75. The average molecular weight is 239 g/mol. The number of nitrogens with two attached hydrogens (primary N) is 1. The van der Waals surface area contributed by atoms with Crippen LogP contribution < -0.4 is 11.1 Å². The molecule has 0 radical (unpaired) electrons. The van der Waals surface area contributed by atoms with Crippen LogP contribution in [0.1, 0.15) is 23.2 Å². The van der Waals surface area contributed by atoms with Gasteiger partial charge in [-0.1, -0.05) is 17.3 Å². The lowest BCUT2D eigenvalue weighted by atomic mass is 10.2. The Kier molecular flexibility index (Phi) is 4.93. The number of nitrogens with zero attached hydrogens (tertiary/aromatic N) is 1. The Labute approximate surface area is 98.1 Å². The van der Waals surface area contributed by atoms with Crippen molar-refractivity contribution in [1.82, 2.24) is 5.32 Å². The fourth-order valence-corrected chi connectivity index (χ4v) is 1.26. The van der Waals surface area contributed by atoms with Crippen LogP contribution >= 0.6 is 0 Å². The van der Waals surface area contributed by atoms with Crippen molar-refractivity contribution in [3.05, 3.63) is 35.6 Å². The summed E-state index contributed by atoms with van der Waals surface area (Å²) in [6.45, 7) is 0.337. The lowest BCUT2D eigenvalue weighted by Gasteiger charge is -2.05. The van der Waals surface area contributed by atoms with Gasteiger partial charge >= 0.3 is 0 Å². The molecule has 1 amide bonds. The van der Waals surface area contributed by atoms with Crippen molar-refractivity contribution in [2.75, 3.05) is 6.54 Å². The van der Waals surface area contributed by atoms with Gasteiger partial charge in [0, 0.05) is 13.0 Å². The number of carbonyl (C=O) groups is 1. The minimum Gasteiger partial charge on any atom is -0.409 e. The van der Waals surface area contributed by atoms with Gasteiger partial charge in [0.25, 0.3) is 5.91 Å². The predicted molar refractivity (Wildman–Crippen MR) is 61.4 cm³/mol. The van der Waals surface area contributed by atoms with Crippen molar-refractivity contribution in [1.29, 1.82) is 0 Å². The van der Waals surface area contributed by atoms with Crippen molar-refractivity contribution >= 4 is 11.7 Å². The van der Waals surface area contributed by atoms with Gasteiger partial charge in [-0.2, -0.15) is 0 Å². The number of hydrogen-bond acceptors (Lipinski definition) is 3. The zero-order chi connectivity index (χ0) is 12.7. The summed E-state index contributed by atoms with van der Waals surface area (Å²) in [5, 5.41) is 13.6. The normalized spacial score (nSPS) is 11.2. The standard InChI is InChI=1S/C11H14FN3O2/c12-9-5-2-1-4-8(9)11(16)14-7-3-6-10(13)15-17/h1-2,4-5,17H,3,6-7H2,(H2,13,15)(H,14,16). The summed E-state index contributed by atoms with van der Waals surface area (Å²) < 4.78 is 13.2. The molecule has 0 fully saturated rings. The Morgan fingerprint density at radius 1 is 1.47 bits per heavy atom. The van der Waals surface area contributed by atoms with Crippen LogP contribution in [-0.2, 0) is 0 Å². The zero-order valence-corrected chi connectivity index (χ0v) is 9.19. The lowest BCUT2D eigenvalue weighted by molar-refractivity contribution is 0.0949. The number of amidine groups is 1. The smallest absolute Gasteiger partial charge is 0.254 e. The van der Waals surface area contributed by atoms with E-state index in [0.29, 0.717) is 19.4 Å². The van der Waals surface area contributed by atoms with E-state index in [0.717, 1.165) is 0 Å². The van der Waals surface area contributed by atoms with E-state index >= 15 is 0 Å². The minimum atomic E-state index is -0.554. The van der Waals surface area contributed by atoms with Crippen molar-refractivity contribution in [3.8, 4) is 0 Å². The number of oxime groups is 1. The van der Waals surface area contributed by atoms with Crippen LogP contribution in [0.2, 0.25) is 0 Å². The number of carbonyl (C=O) groups excluding carboxylic acids is 1. The van der Waals surface area contributed by atoms with Crippen LogP contribution in [0.4, 0.5) is 4.39 Å². The third-order valence-electron chi connectivity index (χ3n) is 2.14. The molecule has 0 aromatic heterocycles. The molecule has 92 valence electrons. The average Bonchev–Trinajstić information content (AvgIpc) is 2.34. The molecule has 4 N–H and O–H groups in total. The summed E-state index contributed by atoms with van der Waals surface area (Å²) in [4.78, 5) is 11.5. The van der Waals surface area contributed by atoms with Crippen LogP contribution in [0.3, 0.4) is 0 Å². The van der Waals surface area contributed by atoms with Gasteiger partial charge in [0.15, 0.2) is 0 Å². The van der Waals surface area contributed by atoms with Crippen molar-refractivity contribution in [2.24, 2.45) is 10.9 Å². The first kappa shape index (κ1) is 13.0. The van der Waals surface area contributed by atoms with Gasteiger partial charge in [-0.05, 0) is 18.6 Å². The first-order valence-electron chi connectivity index (χ1n) is 5.14. The van der Waals surface area contributed by atoms with E-state index in [1.54, 1.807) is 6.07 Å². The summed E-state index contributed by atoms with van der Waals surface area (Å²) in [6.07, 6.45) is 0.893. The van der Waals surface area contributed by atoms with Crippen LogP contribution in [0.25, 0.3) is 0 Å². The highest BCUT2D eigenvalue weighted by molar-refractivity contribution is 5.94. The first-order valence-corrected chi connectivity index (χ1v) is 5.14. The monoisotopic (exact) mass is 239 g/mol. The second-order valence-electron chi connectivity index (χ2n) is 3.43. The van der Waals surface area contributed by atoms with Gasteiger partial charge < -0.3 is 16.3 Å². The van der Waals surface area contributed by atoms with E-state index in [4.69, 9.17) is 10.9 Å². The maximum atomic E-state index is 13.2. The van der Waals surface area contributed by atoms with E-state index in [2.05, 4.69) is 10.5 Å². The highest BCUT2D eigenvalue weighted by Gasteiger charge is 2.09. The number of hydrogen-bond donors (Lipinski definition) is 3. The SMILES string of the molecule is NC(CCCNC(=O)c1ccccc1F)=NO. The number of benzene rings is 1. The van der Waals surface area contributed by atoms with Gasteiger partial charge in [-0.15, -0.1) is 0 Å². The second kappa shape index (κ2) is 6.47. The molecule has 0 aliphatic rings. The number of halogens is 1. The Morgan fingerprint density at radius 2 is 2.18 bits per heavy atom. The summed E-state index contributed by atoms with van der Waals surface area (Å²) in [5.41, 5.74) is 5.26. The van der Waals surface area contributed by atoms with Crippen LogP contribution in [0.15, 0.2) is 29.4 Å². The quantitative estimate of drug-likeness (QED) is 0.236. The first-order chi connectivity index (χ1) is 8.15. The highest BCUT2D eigenvalue weighted by atomic mass is 19.1. The molecule has 6 heteroatoms. The third kappa shape index (κ3) is 4.10. The van der Waals surface area contributed by atoms with Gasteiger partial charge in [0.1, 0.15) is 11.7 Å². The topological polar surface area (TPSA) is 87.7 Å². The molecule has 0 unspecified atom stereocenters. The van der Waals surface area contributed by atoms with Gasteiger partial charge in [0.2, 0.25) is 0 Å². The molecule has 0 saturated heterocycles. The molecule has 0 aliphatic carbocycles. The highest BCUT2D eigenvalue weighted by Crippen LogP contribution is 2.05. The van der Waals surface area contributed by atoms with Gasteiger partial charge in [-0.25, -0.2) is 4.39 Å². The minimum absolute atomic E-state index is 0.0105. The van der Waals surface area contributed by atoms with E-state index in [1.807, 2.05) is 0 Å². The lowest BCUT2D eigenvalue weighted by Crippen LogP contribution is -2.26. The number of amides is 1. The van der Waals surface area contributed by atoms with E-state index < -0.39 is 11.7 Å². The van der Waals surface area contributed by atoms with E-state index in [9.17, 15) is 9.18 Å². The Hall–Kier alpha value is -2.11. The molecule has 0 bridgehead atoms. The number of nitrogens with one attached hydrogen (secondary N) is 1.